The van der Waals surface area contributed by atoms with Gasteiger partial charge in [0, 0.05) is 30.5 Å². The van der Waals surface area contributed by atoms with E-state index in [2.05, 4.69) is 44.8 Å². The van der Waals surface area contributed by atoms with Crippen molar-refractivity contribution in [1.29, 1.82) is 0 Å². The maximum atomic E-state index is 14.1. The number of nitrogens with one attached hydrogen (secondary N) is 1. The highest BCUT2D eigenvalue weighted by Gasteiger charge is 2.64. The van der Waals surface area contributed by atoms with Crippen LogP contribution in [0.15, 0.2) is 0 Å². The molecule has 3 fully saturated rings. The summed E-state index contributed by atoms with van der Waals surface area (Å²) in [5.41, 5.74) is -1.26. The van der Waals surface area contributed by atoms with Gasteiger partial charge in [-0.3, -0.25) is 4.79 Å². The van der Waals surface area contributed by atoms with Crippen LogP contribution in [0.1, 0.15) is 131 Å². The van der Waals surface area contributed by atoms with Crippen molar-refractivity contribution in [3.05, 3.63) is 0 Å². The van der Waals surface area contributed by atoms with Gasteiger partial charge in [-0.15, -0.1) is 0 Å². The molecule has 1 aliphatic carbocycles. The van der Waals surface area contributed by atoms with Gasteiger partial charge >= 0.3 is 0 Å². The van der Waals surface area contributed by atoms with Crippen LogP contribution >= 0.6 is 0 Å². The van der Waals surface area contributed by atoms with Crippen LogP contribution in [0.3, 0.4) is 0 Å². The Labute approximate surface area is 185 Å². The zero-order valence-corrected chi connectivity index (χ0v) is 20.6. The summed E-state index contributed by atoms with van der Waals surface area (Å²) in [7, 11) is 0. The summed E-state index contributed by atoms with van der Waals surface area (Å²) in [5.74, 6) is 0.283. The van der Waals surface area contributed by atoms with E-state index in [-0.39, 0.29) is 22.7 Å². The predicted octanol–water partition coefficient (Wildman–Crippen LogP) is 6.33. The van der Waals surface area contributed by atoms with Crippen molar-refractivity contribution in [2.24, 2.45) is 0 Å². The standard InChI is InChI=1S/C26H48N2O2/c1-6-7-19-28-22(29)25(20-23(2,3)27-24(4,5)21-25)30-26(28)17-15-13-11-9-8-10-12-14-16-18-26/h27H,6-21H2,1-5H3. The molecule has 2 aliphatic heterocycles. The molecule has 2 spiro atoms. The van der Waals surface area contributed by atoms with E-state index < -0.39 is 5.60 Å². The number of unbranched alkanes of at least 4 members (excludes halogenated alkanes) is 1. The molecule has 3 rings (SSSR count). The molecule has 0 unspecified atom stereocenters. The largest absolute Gasteiger partial charge is 0.339 e. The molecule has 1 amide bonds. The molecule has 4 heteroatoms. The molecule has 0 atom stereocenters. The molecule has 0 aromatic carbocycles. The van der Waals surface area contributed by atoms with Crippen molar-refractivity contribution >= 4 is 5.91 Å². The van der Waals surface area contributed by atoms with Crippen molar-refractivity contribution in [1.82, 2.24) is 10.2 Å². The number of piperidine rings is 1. The number of ether oxygens (including phenoxy) is 1. The van der Waals surface area contributed by atoms with Gasteiger partial charge in [0.25, 0.3) is 5.91 Å². The molecule has 2 saturated heterocycles. The summed E-state index contributed by atoms with van der Waals surface area (Å²) < 4.78 is 7.15. The Morgan fingerprint density at radius 1 is 0.833 bits per heavy atom. The van der Waals surface area contributed by atoms with E-state index in [4.69, 9.17) is 4.74 Å². The Morgan fingerprint density at radius 2 is 1.30 bits per heavy atom. The van der Waals surface area contributed by atoms with Crippen LogP contribution in [0.5, 0.6) is 0 Å². The maximum Gasteiger partial charge on any atom is 0.257 e. The van der Waals surface area contributed by atoms with E-state index in [1.807, 2.05) is 0 Å². The average Bonchev–Trinajstić information content (AvgIpc) is 2.81. The number of hydrogen-bond acceptors (Lipinski definition) is 3. The lowest BCUT2D eigenvalue weighted by Crippen LogP contribution is -2.65. The van der Waals surface area contributed by atoms with Gasteiger partial charge < -0.3 is 15.0 Å². The third-order valence-electron chi connectivity index (χ3n) is 7.51. The highest BCUT2D eigenvalue weighted by atomic mass is 16.6. The summed E-state index contributed by atoms with van der Waals surface area (Å²) in [5, 5.41) is 3.76. The van der Waals surface area contributed by atoms with E-state index in [1.54, 1.807) is 0 Å². The number of nitrogens with zero attached hydrogens (tertiary/aromatic N) is 1. The predicted molar refractivity (Wildman–Crippen MR) is 124 cm³/mol. The maximum absolute atomic E-state index is 14.1. The number of hydrogen-bond donors (Lipinski definition) is 1. The second kappa shape index (κ2) is 9.48. The summed E-state index contributed by atoms with van der Waals surface area (Å²) in [6.45, 7) is 12.0. The summed E-state index contributed by atoms with van der Waals surface area (Å²) in [6, 6.07) is 0. The lowest BCUT2D eigenvalue weighted by atomic mass is 9.72. The highest BCUT2D eigenvalue weighted by molar-refractivity contribution is 5.88. The molecule has 1 saturated carbocycles. The first kappa shape index (κ1) is 24.0. The zero-order valence-electron chi connectivity index (χ0n) is 20.6. The van der Waals surface area contributed by atoms with Crippen molar-refractivity contribution in [2.45, 2.75) is 153 Å². The quantitative estimate of drug-likeness (QED) is 0.580. The number of carbonyl (C=O) groups excluding carboxylic acids is 1. The zero-order chi connectivity index (χ0) is 21.9. The van der Waals surface area contributed by atoms with Crippen molar-refractivity contribution in [2.75, 3.05) is 6.54 Å². The molecule has 3 aliphatic rings. The number of carbonyl (C=O) groups is 1. The van der Waals surface area contributed by atoms with E-state index in [0.717, 1.165) is 45.1 Å². The molecule has 0 radical (unpaired) electrons. The van der Waals surface area contributed by atoms with Gasteiger partial charge in [0.15, 0.2) is 5.60 Å². The van der Waals surface area contributed by atoms with Gasteiger partial charge in [0.2, 0.25) is 0 Å². The highest BCUT2D eigenvalue weighted by Crippen LogP contribution is 2.50. The van der Waals surface area contributed by atoms with E-state index in [0.29, 0.717) is 0 Å². The average molecular weight is 421 g/mol. The molecular weight excluding hydrogens is 372 g/mol. The third kappa shape index (κ3) is 5.41. The van der Waals surface area contributed by atoms with Crippen molar-refractivity contribution in [3.8, 4) is 0 Å². The number of amides is 1. The molecule has 0 aromatic rings. The van der Waals surface area contributed by atoms with Crippen LogP contribution in [0.25, 0.3) is 0 Å². The third-order valence-corrected chi connectivity index (χ3v) is 7.51. The second-order valence-electron chi connectivity index (χ2n) is 11.8. The van der Waals surface area contributed by atoms with Gasteiger partial charge in [0.05, 0.1) is 0 Å². The summed E-state index contributed by atoms with van der Waals surface area (Å²) >= 11 is 0. The van der Waals surface area contributed by atoms with Gasteiger partial charge in [0.1, 0.15) is 5.72 Å². The summed E-state index contributed by atoms with van der Waals surface area (Å²) in [6.07, 6.45) is 17.4. The Morgan fingerprint density at radius 3 is 1.77 bits per heavy atom. The lowest BCUT2D eigenvalue weighted by Gasteiger charge is -2.50. The van der Waals surface area contributed by atoms with Crippen molar-refractivity contribution < 1.29 is 9.53 Å². The minimum atomic E-state index is -0.664. The van der Waals surface area contributed by atoms with Crippen LogP contribution in [0, 0.1) is 0 Å². The first-order chi connectivity index (χ1) is 14.1. The molecule has 2 heterocycles. The van der Waals surface area contributed by atoms with E-state index >= 15 is 0 Å². The van der Waals surface area contributed by atoms with Gasteiger partial charge in [-0.1, -0.05) is 58.3 Å². The van der Waals surface area contributed by atoms with Crippen LogP contribution in [-0.4, -0.2) is 39.8 Å². The fraction of sp³-hybridized carbons (Fsp3) is 0.962. The Balaban J connectivity index is 1.92. The van der Waals surface area contributed by atoms with Crippen molar-refractivity contribution in [3.63, 3.8) is 0 Å². The minimum Gasteiger partial charge on any atom is -0.339 e. The lowest BCUT2D eigenvalue weighted by molar-refractivity contribution is -0.176. The molecule has 1 N–H and O–H groups in total. The minimum absolute atomic E-state index is 0.106. The summed E-state index contributed by atoms with van der Waals surface area (Å²) in [4.78, 5) is 16.3. The van der Waals surface area contributed by atoms with Crippen LogP contribution in [0.2, 0.25) is 0 Å². The molecule has 0 bridgehead atoms. The monoisotopic (exact) mass is 420 g/mol. The normalized spacial score (nSPS) is 29.0. The molecule has 174 valence electrons. The number of rotatable bonds is 3. The molecule has 30 heavy (non-hydrogen) atoms. The second-order valence-corrected chi connectivity index (χ2v) is 11.8. The fourth-order valence-electron chi connectivity index (χ4n) is 6.77. The van der Waals surface area contributed by atoms with Gasteiger partial charge in [-0.2, -0.15) is 0 Å². The fourth-order valence-corrected chi connectivity index (χ4v) is 6.77. The molecular formula is C26H48N2O2. The van der Waals surface area contributed by atoms with E-state index in [1.165, 1.54) is 57.8 Å². The topological polar surface area (TPSA) is 41.6 Å². The van der Waals surface area contributed by atoms with Gasteiger partial charge in [-0.05, 0) is 59.8 Å². The first-order valence-electron chi connectivity index (χ1n) is 13.0. The van der Waals surface area contributed by atoms with Crippen LogP contribution < -0.4 is 5.32 Å². The first-order valence-corrected chi connectivity index (χ1v) is 13.0. The Kier molecular flexibility index (Phi) is 7.60. The smallest absolute Gasteiger partial charge is 0.257 e. The Bertz CT molecular complexity index is 556. The Hall–Kier alpha value is -0.610. The van der Waals surface area contributed by atoms with Crippen LogP contribution in [-0.2, 0) is 9.53 Å². The SMILES string of the molecule is CCCCN1C(=O)C2(CC(C)(C)NC(C)(C)C2)OC12CCCCCCCCCCC2. The molecule has 0 aromatic heterocycles. The van der Waals surface area contributed by atoms with E-state index in [9.17, 15) is 4.79 Å². The van der Waals surface area contributed by atoms with Crippen LogP contribution in [0.4, 0.5) is 0 Å². The van der Waals surface area contributed by atoms with Gasteiger partial charge in [-0.25, -0.2) is 0 Å². The molecule has 4 nitrogen and oxygen atoms in total.